The molecule has 2 fully saturated rings. The van der Waals surface area contributed by atoms with Gasteiger partial charge in [-0.2, -0.15) is 5.10 Å². The minimum atomic E-state index is 0.144. The first-order chi connectivity index (χ1) is 14.3. The van der Waals surface area contributed by atoms with Gasteiger partial charge in [-0.25, -0.2) is 9.50 Å². The van der Waals surface area contributed by atoms with E-state index < -0.39 is 0 Å². The van der Waals surface area contributed by atoms with Gasteiger partial charge in [-0.05, 0) is 43.4 Å². The Hall–Kier alpha value is -2.73. The maximum Gasteiger partial charge on any atom is 0.225 e. The number of fused-ring (bicyclic) bond motifs is 1. The van der Waals surface area contributed by atoms with E-state index in [1.165, 1.54) is 5.56 Å². The number of carbonyl (C=O) groups is 1. The average molecular weight is 390 g/mol. The highest BCUT2D eigenvalue weighted by molar-refractivity contribution is 5.79. The molecule has 0 saturated carbocycles. The summed E-state index contributed by atoms with van der Waals surface area (Å²) in [6.07, 6.45) is 5.62. The molecule has 6 heteroatoms. The van der Waals surface area contributed by atoms with Crippen LogP contribution in [0.25, 0.3) is 16.8 Å². The molecule has 2 saturated heterocycles. The fourth-order valence-corrected chi connectivity index (χ4v) is 4.44. The SMILES string of the molecule is O=C(C1CCOCC1)N1CCC(c2nc3ccc(-c4ccccc4)cn3n2)CC1. The zero-order valence-electron chi connectivity index (χ0n) is 16.5. The summed E-state index contributed by atoms with van der Waals surface area (Å²) in [5.74, 6) is 1.66. The summed E-state index contributed by atoms with van der Waals surface area (Å²) in [4.78, 5) is 19.5. The molecule has 0 atom stereocenters. The topological polar surface area (TPSA) is 59.7 Å². The molecule has 0 aliphatic carbocycles. The Labute approximate surface area is 170 Å². The Bertz CT molecular complexity index is 987. The minimum Gasteiger partial charge on any atom is -0.381 e. The van der Waals surface area contributed by atoms with Gasteiger partial charge in [-0.15, -0.1) is 0 Å². The van der Waals surface area contributed by atoms with Crippen LogP contribution in [0, 0.1) is 5.92 Å². The molecule has 1 aromatic carbocycles. The number of pyridine rings is 1. The van der Waals surface area contributed by atoms with E-state index in [-0.39, 0.29) is 5.92 Å². The van der Waals surface area contributed by atoms with Gasteiger partial charge < -0.3 is 9.64 Å². The van der Waals surface area contributed by atoms with E-state index in [2.05, 4.69) is 18.2 Å². The number of benzene rings is 1. The molecular formula is C23H26N4O2. The number of ether oxygens (including phenoxy) is 1. The number of carbonyl (C=O) groups excluding carboxylic acids is 1. The molecule has 1 amide bonds. The fraction of sp³-hybridized carbons (Fsp3) is 0.435. The van der Waals surface area contributed by atoms with Crippen LogP contribution in [0.5, 0.6) is 0 Å². The number of piperidine rings is 1. The van der Waals surface area contributed by atoms with Crippen molar-refractivity contribution >= 4 is 11.6 Å². The lowest BCUT2D eigenvalue weighted by Crippen LogP contribution is -2.42. The van der Waals surface area contributed by atoms with Crippen LogP contribution >= 0.6 is 0 Å². The number of aromatic nitrogens is 3. The Kier molecular flexibility index (Phi) is 5.02. The van der Waals surface area contributed by atoms with Crippen molar-refractivity contribution in [2.75, 3.05) is 26.3 Å². The predicted molar refractivity (Wildman–Crippen MR) is 111 cm³/mol. The Morgan fingerprint density at radius 2 is 1.69 bits per heavy atom. The summed E-state index contributed by atoms with van der Waals surface area (Å²) in [5.41, 5.74) is 3.18. The predicted octanol–water partition coefficient (Wildman–Crippen LogP) is 3.53. The van der Waals surface area contributed by atoms with Gasteiger partial charge >= 0.3 is 0 Å². The van der Waals surface area contributed by atoms with Crippen molar-refractivity contribution in [2.24, 2.45) is 5.92 Å². The second-order valence-electron chi connectivity index (χ2n) is 8.04. The third-order valence-electron chi connectivity index (χ3n) is 6.20. The van der Waals surface area contributed by atoms with Crippen molar-refractivity contribution in [2.45, 2.75) is 31.6 Å². The van der Waals surface area contributed by atoms with Crippen LogP contribution in [0.1, 0.15) is 37.4 Å². The summed E-state index contributed by atoms with van der Waals surface area (Å²) >= 11 is 0. The zero-order valence-corrected chi connectivity index (χ0v) is 16.5. The Morgan fingerprint density at radius 3 is 2.45 bits per heavy atom. The standard InChI is InChI=1S/C23H26N4O2/c28-23(19-10-14-29-15-11-19)26-12-8-18(9-13-26)22-24-21-7-6-20(16-27(21)25-22)17-4-2-1-3-5-17/h1-7,16,18-19H,8-15H2. The monoisotopic (exact) mass is 390 g/mol. The molecule has 2 aliphatic rings. The number of nitrogens with zero attached hydrogens (tertiary/aromatic N) is 4. The number of hydrogen-bond acceptors (Lipinski definition) is 4. The highest BCUT2D eigenvalue weighted by Gasteiger charge is 2.31. The number of likely N-dealkylation sites (tertiary alicyclic amines) is 1. The smallest absolute Gasteiger partial charge is 0.225 e. The summed E-state index contributed by atoms with van der Waals surface area (Å²) in [5, 5.41) is 4.77. The number of amides is 1. The van der Waals surface area contributed by atoms with Gasteiger partial charge in [-0.1, -0.05) is 30.3 Å². The second kappa shape index (κ2) is 7.95. The van der Waals surface area contributed by atoms with E-state index in [0.29, 0.717) is 25.0 Å². The van der Waals surface area contributed by atoms with E-state index in [1.807, 2.05) is 39.9 Å². The first-order valence-electron chi connectivity index (χ1n) is 10.6. The summed E-state index contributed by atoms with van der Waals surface area (Å²) < 4.78 is 7.27. The average Bonchev–Trinajstić information content (AvgIpc) is 3.23. The third-order valence-corrected chi connectivity index (χ3v) is 6.20. The fourth-order valence-electron chi connectivity index (χ4n) is 4.44. The van der Waals surface area contributed by atoms with Gasteiger partial charge in [0.15, 0.2) is 11.5 Å². The van der Waals surface area contributed by atoms with Crippen LogP contribution in [-0.2, 0) is 9.53 Å². The molecule has 5 rings (SSSR count). The summed E-state index contributed by atoms with van der Waals surface area (Å²) in [6, 6.07) is 14.4. The van der Waals surface area contributed by atoms with E-state index in [9.17, 15) is 4.79 Å². The lowest BCUT2D eigenvalue weighted by atomic mass is 9.93. The quantitative estimate of drug-likeness (QED) is 0.686. The molecule has 0 N–H and O–H groups in total. The first kappa shape index (κ1) is 18.3. The van der Waals surface area contributed by atoms with Gasteiger partial charge in [-0.3, -0.25) is 4.79 Å². The summed E-state index contributed by atoms with van der Waals surface area (Å²) in [6.45, 7) is 3.02. The molecule has 150 valence electrons. The van der Waals surface area contributed by atoms with Crippen LogP contribution in [0.4, 0.5) is 0 Å². The van der Waals surface area contributed by atoms with Crippen LogP contribution in [-0.4, -0.2) is 51.7 Å². The highest BCUT2D eigenvalue weighted by Crippen LogP contribution is 2.29. The van der Waals surface area contributed by atoms with Crippen molar-refractivity contribution in [3.8, 4) is 11.1 Å². The molecule has 0 bridgehead atoms. The lowest BCUT2D eigenvalue weighted by Gasteiger charge is -2.34. The Balaban J connectivity index is 1.27. The maximum atomic E-state index is 12.7. The van der Waals surface area contributed by atoms with E-state index in [0.717, 1.165) is 55.8 Å². The molecule has 6 nitrogen and oxygen atoms in total. The Morgan fingerprint density at radius 1 is 0.931 bits per heavy atom. The molecule has 2 aliphatic heterocycles. The molecule has 29 heavy (non-hydrogen) atoms. The van der Waals surface area contributed by atoms with Crippen molar-refractivity contribution in [1.82, 2.24) is 19.5 Å². The van der Waals surface area contributed by atoms with Crippen molar-refractivity contribution in [3.05, 3.63) is 54.5 Å². The molecule has 4 heterocycles. The van der Waals surface area contributed by atoms with Gasteiger partial charge in [0.25, 0.3) is 0 Å². The van der Waals surface area contributed by atoms with Crippen LogP contribution in [0.15, 0.2) is 48.7 Å². The van der Waals surface area contributed by atoms with Gasteiger partial charge in [0.05, 0.1) is 0 Å². The first-order valence-corrected chi connectivity index (χ1v) is 10.6. The molecule has 3 aromatic rings. The van der Waals surface area contributed by atoms with Gasteiger partial charge in [0.1, 0.15) is 0 Å². The molecule has 2 aromatic heterocycles. The molecule has 0 unspecified atom stereocenters. The van der Waals surface area contributed by atoms with E-state index in [1.54, 1.807) is 0 Å². The zero-order chi connectivity index (χ0) is 19.6. The molecular weight excluding hydrogens is 364 g/mol. The van der Waals surface area contributed by atoms with Gasteiger partial charge in [0.2, 0.25) is 5.91 Å². The van der Waals surface area contributed by atoms with E-state index in [4.69, 9.17) is 14.8 Å². The van der Waals surface area contributed by atoms with Gasteiger partial charge in [0, 0.05) is 49.9 Å². The summed E-state index contributed by atoms with van der Waals surface area (Å²) in [7, 11) is 0. The normalized spacial score (nSPS) is 19.0. The molecule has 0 spiro atoms. The number of hydrogen-bond donors (Lipinski definition) is 0. The second-order valence-corrected chi connectivity index (χ2v) is 8.04. The lowest BCUT2D eigenvalue weighted by molar-refractivity contribution is -0.139. The van der Waals surface area contributed by atoms with Crippen LogP contribution in [0.2, 0.25) is 0 Å². The molecule has 0 radical (unpaired) electrons. The van der Waals surface area contributed by atoms with Crippen molar-refractivity contribution in [1.29, 1.82) is 0 Å². The minimum absolute atomic E-state index is 0.144. The van der Waals surface area contributed by atoms with Crippen LogP contribution < -0.4 is 0 Å². The van der Waals surface area contributed by atoms with Crippen LogP contribution in [0.3, 0.4) is 0 Å². The maximum absolute atomic E-state index is 12.7. The van der Waals surface area contributed by atoms with E-state index >= 15 is 0 Å². The third kappa shape index (κ3) is 3.77. The van der Waals surface area contributed by atoms with Crippen molar-refractivity contribution in [3.63, 3.8) is 0 Å². The van der Waals surface area contributed by atoms with Crippen molar-refractivity contribution < 1.29 is 9.53 Å². The highest BCUT2D eigenvalue weighted by atomic mass is 16.5. The largest absolute Gasteiger partial charge is 0.381 e. The number of rotatable bonds is 3.